The quantitative estimate of drug-likeness (QED) is 0.174. The van der Waals surface area contributed by atoms with Gasteiger partial charge < -0.3 is 25.0 Å². The largest absolute Gasteiger partial charge is 0.487 e. The minimum Gasteiger partial charge on any atom is -0.487 e. The highest BCUT2D eigenvalue weighted by Gasteiger charge is 2.17. The molecule has 4 aromatic rings. The monoisotopic (exact) mass is 570 g/mol. The molecule has 0 unspecified atom stereocenters. The minimum atomic E-state index is -1.07. The zero-order valence-electron chi connectivity index (χ0n) is 22.6. The smallest absolute Gasteiger partial charge is 0.306 e. The van der Waals surface area contributed by atoms with E-state index >= 15 is 0 Å². The van der Waals surface area contributed by atoms with E-state index in [1.165, 1.54) is 0 Å². The Kier molecular flexibility index (Phi) is 10.4. The lowest BCUT2D eigenvalue weighted by Gasteiger charge is -2.18. The van der Waals surface area contributed by atoms with Crippen molar-refractivity contribution in [2.45, 2.75) is 39.2 Å². The Bertz CT molecular complexity index is 1530. The lowest BCUT2D eigenvalue weighted by Crippen LogP contribution is -2.28. The third-order valence-electron chi connectivity index (χ3n) is 6.60. The summed E-state index contributed by atoms with van der Waals surface area (Å²) >= 11 is 6.83. The van der Waals surface area contributed by atoms with Crippen molar-refractivity contribution in [1.29, 1.82) is 5.26 Å². The summed E-state index contributed by atoms with van der Waals surface area (Å²) in [7, 11) is 0. The Morgan fingerprint density at radius 1 is 0.976 bits per heavy atom. The molecule has 0 aliphatic carbocycles. The number of carbonyl (C=O) groups is 1. The van der Waals surface area contributed by atoms with Gasteiger partial charge in [-0.1, -0.05) is 78.3 Å². The first-order valence-corrected chi connectivity index (χ1v) is 13.5. The molecule has 7 nitrogen and oxygen atoms in total. The zero-order valence-corrected chi connectivity index (χ0v) is 23.4. The van der Waals surface area contributed by atoms with E-state index in [4.69, 9.17) is 26.2 Å². The first-order chi connectivity index (χ1) is 19.9. The summed E-state index contributed by atoms with van der Waals surface area (Å²) in [5.41, 5.74) is 6.44. The van der Waals surface area contributed by atoms with Gasteiger partial charge in [0.25, 0.3) is 0 Å². The number of rotatable bonds is 13. The number of nitrogens with one attached hydrogen (secondary N) is 1. The van der Waals surface area contributed by atoms with E-state index in [0.717, 1.165) is 27.8 Å². The summed E-state index contributed by atoms with van der Waals surface area (Å²) in [5, 5.41) is 31.4. The van der Waals surface area contributed by atoms with Gasteiger partial charge in [-0.2, -0.15) is 5.26 Å². The highest BCUT2D eigenvalue weighted by atomic mass is 35.5. The summed E-state index contributed by atoms with van der Waals surface area (Å²) < 4.78 is 12.3. The number of hydrogen-bond acceptors (Lipinski definition) is 6. The van der Waals surface area contributed by atoms with Crippen molar-refractivity contribution in [3.05, 3.63) is 118 Å². The second-order valence-corrected chi connectivity index (χ2v) is 9.97. The van der Waals surface area contributed by atoms with Crippen LogP contribution >= 0.6 is 11.6 Å². The topological polar surface area (TPSA) is 112 Å². The van der Waals surface area contributed by atoms with Crippen molar-refractivity contribution in [2.75, 3.05) is 6.54 Å². The Morgan fingerprint density at radius 2 is 1.76 bits per heavy atom. The van der Waals surface area contributed by atoms with Crippen molar-refractivity contribution in [1.82, 2.24) is 5.32 Å². The van der Waals surface area contributed by atoms with Gasteiger partial charge in [-0.25, -0.2) is 0 Å². The van der Waals surface area contributed by atoms with Crippen LogP contribution in [0.5, 0.6) is 11.5 Å². The first kappa shape index (κ1) is 29.6. The molecule has 4 rings (SSSR count). The molecular formula is C33H31ClN2O5. The zero-order chi connectivity index (χ0) is 29.2. The molecule has 41 heavy (non-hydrogen) atoms. The fourth-order valence-corrected chi connectivity index (χ4v) is 4.74. The van der Waals surface area contributed by atoms with Gasteiger partial charge in [0.15, 0.2) is 0 Å². The maximum Gasteiger partial charge on any atom is 0.306 e. The van der Waals surface area contributed by atoms with E-state index < -0.39 is 12.1 Å². The number of benzene rings is 4. The number of halogens is 1. The van der Waals surface area contributed by atoms with E-state index in [-0.39, 0.29) is 26.1 Å². The van der Waals surface area contributed by atoms with Gasteiger partial charge >= 0.3 is 5.97 Å². The van der Waals surface area contributed by atoms with Gasteiger partial charge in [0.05, 0.1) is 24.2 Å². The van der Waals surface area contributed by atoms with Gasteiger partial charge in [-0.05, 0) is 52.9 Å². The fraction of sp³-hybridized carbons (Fsp3) is 0.212. The van der Waals surface area contributed by atoms with Crippen LogP contribution in [-0.2, 0) is 24.6 Å². The van der Waals surface area contributed by atoms with Crippen LogP contribution in [-0.4, -0.2) is 28.8 Å². The summed E-state index contributed by atoms with van der Waals surface area (Å²) in [5.74, 6) is -0.217. The number of carboxylic acids is 1. The maximum atomic E-state index is 10.9. The van der Waals surface area contributed by atoms with Gasteiger partial charge in [-0.15, -0.1) is 0 Å². The molecule has 0 amide bonds. The van der Waals surface area contributed by atoms with Gasteiger partial charge in [0, 0.05) is 18.7 Å². The Balaban J connectivity index is 1.54. The van der Waals surface area contributed by atoms with E-state index in [1.807, 2.05) is 42.5 Å². The fourth-order valence-electron chi connectivity index (χ4n) is 4.44. The first-order valence-electron chi connectivity index (χ1n) is 13.2. The summed E-state index contributed by atoms with van der Waals surface area (Å²) in [6.45, 7) is 2.91. The second-order valence-electron chi connectivity index (χ2n) is 9.59. The van der Waals surface area contributed by atoms with Crippen LogP contribution in [0.15, 0.2) is 84.9 Å². The number of nitrogens with zero attached hydrogens (tertiary/aromatic N) is 1. The minimum absolute atomic E-state index is 0.0862. The molecule has 0 fully saturated rings. The molecule has 0 bridgehead atoms. The predicted molar refractivity (Wildman–Crippen MR) is 158 cm³/mol. The standard InChI is InChI=1S/C33H31ClN2O5/c1-22-27(11-6-12-29(22)25-9-3-2-4-10-25)21-40-30-14-13-26(18-36-19-28(37)16-31(38)39)33(32(30)34)41-20-24-8-5-7-23(15-24)17-35/h2-15,28,36-37H,16,18-21H2,1H3,(H,38,39)/t28-/m0/s1. The number of carboxylic acid groups (broad SMARTS) is 1. The molecule has 0 aliphatic rings. The number of nitriles is 1. The van der Waals surface area contributed by atoms with Crippen molar-refractivity contribution < 1.29 is 24.5 Å². The number of aliphatic carboxylic acids is 1. The van der Waals surface area contributed by atoms with Crippen molar-refractivity contribution in [3.63, 3.8) is 0 Å². The van der Waals surface area contributed by atoms with E-state index in [0.29, 0.717) is 34.3 Å². The van der Waals surface area contributed by atoms with Crippen molar-refractivity contribution in [3.8, 4) is 28.7 Å². The van der Waals surface area contributed by atoms with E-state index in [1.54, 1.807) is 24.3 Å². The predicted octanol–water partition coefficient (Wildman–Crippen LogP) is 6.27. The van der Waals surface area contributed by atoms with Crippen molar-refractivity contribution >= 4 is 17.6 Å². The lowest BCUT2D eigenvalue weighted by molar-refractivity contribution is -0.139. The molecule has 8 heteroatoms. The maximum absolute atomic E-state index is 10.9. The number of hydrogen-bond donors (Lipinski definition) is 3. The van der Waals surface area contributed by atoms with Crippen LogP contribution in [0.4, 0.5) is 0 Å². The lowest BCUT2D eigenvalue weighted by atomic mass is 9.97. The molecule has 0 heterocycles. The molecule has 210 valence electrons. The summed E-state index contributed by atoms with van der Waals surface area (Å²) in [4.78, 5) is 10.9. The highest BCUT2D eigenvalue weighted by molar-refractivity contribution is 6.33. The third-order valence-corrected chi connectivity index (χ3v) is 6.96. The third kappa shape index (κ3) is 8.09. The molecule has 3 N–H and O–H groups in total. The number of aliphatic hydroxyl groups excluding tert-OH is 1. The Labute approximate surface area is 244 Å². The molecule has 0 saturated carbocycles. The number of aliphatic hydroxyl groups is 1. The SMILES string of the molecule is Cc1c(COc2ccc(CNC[C@@H](O)CC(=O)O)c(OCc3cccc(C#N)c3)c2Cl)cccc1-c1ccccc1. The molecule has 0 spiro atoms. The van der Waals surface area contributed by atoms with Crippen LogP contribution in [0.1, 0.15) is 34.2 Å². The van der Waals surface area contributed by atoms with E-state index in [2.05, 4.69) is 36.5 Å². The molecule has 0 radical (unpaired) electrons. The average molecular weight is 571 g/mol. The highest BCUT2D eigenvalue weighted by Crippen LogP contribution is 2.38. The molecule has 0 aliphatic heterocycles. The van der Waals surface area contributed by atoms with Crippen molar-refractivity contribution in [2.24, 2.45) is 0 Å². The summed E-state index contributed by atoms with van der Waals surface area (Å²) in [6.07, 6.45) is -1.39. The Hall–Kier alpha value is -4.35. The summed E-state index contributed by atoms with van der Waals surface area (Å²) in [6, 6.07) is 29.1. The molecule has 4 aromatic carbocycles. The van der Waals surface area contributed by atoms with Gasteiger partial charge in [-0.3, -0.25) is 4.79 Å². The second kappa shape index (κ2) is 14.3. The van der Waals surface area contributed by atoms with Crippen LogP contribution in [0, 0.1) is 18.3 Å². The van der Waals surface area contributed by atoms with Gasteiger partial charge in [0.1, 0.15) is 29.7 Å². The molecule has 1 atom stereocenters. The molecular weight excluding hydrogens is 540 g/mol. The number of ether oxygens (including phenoxy) is 2. The van der Waals surface area contributed by atoms with E-state index in [9.17, 15) is 15.2 Å². The molecule has 0 saturated heterocycles. The molecule has 0 aromatic heterocycles. The normalized spacial score (nSPS) is 11.5. The average Bonchev–Trinajstić information content (AvgIpc) is 2.97. The van der Waals surface area contributed by atoms with Crippen LogP contribution < -0.4 is 14.8 Å². The van der Waals surface area contributed by atoms with Crippen LogP contribution in [0.3, 0.4) is 0 Å². The van der Waals surface area contributed by atoms with Crippen LogP contribution in [0.2, 0.25) is 5.02 Å². The van der Waals surface area contributed by atoms with Crippen LogP contribution in [0.25, 0.3) is 11.1 Å². The Morgan fingerprint density at radius 3 is 2.51 bits per heavy atom. The van der Waals surface area contributed by atoms with Gasteiger partial charge in [0.2, 0.25) is 0 Å².